The molecule has 0 amide bonds. The SMILES string of the molecule is c1ccc([Si]2(c3ccccc3)c3ccccc3N(c3ccc(-c4nc5cccnc5o4)cc3)c3ccccc32)cc1. The highest BCUT2D eigenvalue weighted by molar-refractivity contribution is 7.21. The largest absolute Gasteiger partial charge is 0.418 e. The van der Waals surface area contributed by atoms with Crippen molar-refractivity contribution in [1.29, 1.82) is 0 Å². The Kier molecular flexibility index (Phi) is 5.43. The molecule has 0 radical (unpaired) electrons. The summed E-state index contributed by atoms with van der Waals surface area (Å²) in [6.45, 7) is 0. The van der Waals surface area contributed by atoms with Crippen LogP contribution in [0.15, 0.2) is 156 Å². The van der Waals surface area contributed by atoms with Crippen molar-refractivity contribution in [3.05, 3.63) is 152 Å². The topological polar surface area (TPSA) is 42.2 Å². The summed E-state index contributed by atoms with van der Waals surface area (Å²) >= 11 is 0. The van der Waals surface area contributed by atoms with E-state index in [0.717, 1.165) is 16.8 Å². The van der Waals surface area contributed by atoms with Crippen LogP contribution in [0.1, 0.15) is 0 Å². The van der Waals surface area contributed by atoms with E-state index in [4.69, 9.17) is 4.42 Å². The number of aromatic nitrogens is 2. The van der Waals surface area contributed by atoms with Crippen molar-refractivity contribution >= 4 is 57.1 Å². The Morgan fingerprint density at radius 1 is 0.537 bits per heavy atom. The normalized spacial score (nSPS) is 13.5. The van der Waals surface area contributed by atoms with Crippen LogP contribution >= 0.6 is 0 Å². The van der Waals surface area contributed by atoms with Gasteiger partial charge in [0.2, 0.25) is 11.6 Å². The van der Waals surface area contributed by atoms with Gasteiger partial charge in [-0.05, 0) is 69.3 Å². The van der Waals surface area contributed by atoms with Gasteiger partial charge in [-0.15, -0.1) is 0 Å². The molecule has 0 bridgehead atoms. The van der Waals surface area contributed by atoms with E-state index < -0.39 is 8.07 Å². The average molecular weight is 544 g/mol. The number of hydrogen-bond acceptors (Lipinski definition) is 4. The van der Waals surface area contributed by atoms with Gasteiger partial charge in [-0.1, -0.05) is 97.1 Å². The molecule has 0 fully saturated rings. The third kappa shape index (κ3) is 3.60. The third-order valence-electron chi connectivity index (χ3n) is 8.05. The van der Waals surface area contributed by atoms with Crippen LogP contribution in [0.5, 0.6) is 0 Å². The minimum absolute atomic E-state index is 0.550. The summed E-state index contributed by atoms with van der Waals surface area (Å²) in [6, 6.07) is 52.3. The quantitative estimate of drug-likeness (QED) is 0.254. The molecule has 41 heavy (non-hydrogen) atoms. The summed E-state index contributed by atoms with van der Waals surface area (Å²) in [5, 5.41) is 5.52. The first-order valence-corrected chi connectivity index (χ1v) is 15.8. The number of nitrogens with zero attached hydrogens (tertiary/aromatic N) is 3. The fraction of sp³-hybridized carbons (Fsp3) is 0. The van der Waals surface area contributed by atoms with Gasteiger partial charge in [0.25, 0.3) is 0 Å². The molecule has 0 atom stereocenters. The van der Waals surface area contributed by atoms with Crippen LogP contribution in [-0.4, -0.2) is 18.0 Å². The summed E-state index contributed by atoms with van der Waals surface area (Å²) in [5.74, 6) is 0.573. The first-order valence-electron chi connectivity index (χ1n) is 13.8. The Bertz CT molecular complexity index is 1880. The predicted octanol–water partition coefficient (Wildman–Crippen LogP) is 6.05. The molecule has 0 N–H and O–H groups in total. The molecule has 1 aliphatic rings. The zero-order valence-electron chi connectivity index (χ0n) is 22.2. The lowest BCUT2D eigenvalue weighted by Crippen LogP contribution is -2.77. The van der Waals surface area contributed by atoms with Crippen LogP contribution in [0.3, 0.4) is 0 Å². The zero-order valence-corrected chi connectivity index (χ0v) is 23.2. The highest BCUT2D eigenvalue weighted by atomic mass is 28.3. The number of pyridine rings is 1. The second-order valence-electron chi connectivity index (χ2n) is 10.2. The molecule has 3 heterocycles. The number of oxazole rings is 1. The van der Waals surface area contributed by atoms with Crippen molar-refractivity contribution in [2.24, 2.45) is 0 Å². The standard InChI is InChI=1S/C36H25N3OSi/c1-3-12-28(13-4-1)41(29-14-5-2-6-15-29)33-19-9-7-17-31(33)39(32-18-8-10-20-34(32)41)27-23-21-26(22-24-27)35-38-30-16-11-25-37-36(30)40-35/h1-25H. The molecule has 194 valence electrons. The molecule has 1 aliphatic heterocycles. The smallest absolute Gasteiger partial charge is 0.247 e. The molecule has 0 saturated carbocycles. The molecule has 0 saturated heterocycles. The minimum Gasteiger partial charge on any atom is -0.418 e. The number of fused-ring (bicyclic) bond motifs is 3. The number of rotatable bonds is 4. The average Bonchev–Trinajstić information content (AvgIpc) is 3.49. The van der Waals surface area contributed by atoms with Gasteiger partial charge in [-0.25, -0.2) is 9.97 Å². The van der Waals surface area contributed by atoms with E-state index >= 15 is 0 Å². The number of hydrogen-bond donors (Lipinski definition) is 0. The van der Waals surface area contributed by atoms with Crippen LogP contribution in [0.25, 0.3) is 22.7 Å². The highest BCUT2D eigenvalue weighted by Crippen LogP contribution is 2.38. The van der Waals surface area contributed by atoms with Gasteiger partial charge in [-0.2, -0.15) is 0 Å². The van der Waals surface area contributed by atoms with E-state index in [0.29, 0.717) is 11.6 Å². The zero-order chi connectivity index (χ0) is 27.2. The van der Waals surface area contributed by atoms with E-state index in [1.807, 2.05) is 12.1 Å². The monoisotopic (exact) mass is 543 g/mol. The Hall–Kier alpha value is -5.26. The summed E-state index contributed by atoms with van der Waals surface area (Å²) < 4.78 is 5.95. The van der Waals surface area contributed by atoms with Crippen molar-refractivity contribution in [2.45, 2.75) is 0 Å². The van der Waals surface area contributed by atoms with Crippen molar-refractivity contribution in [3.63, 3.8) is 0 Å². The van der Waals surface area contributed by atoms with Crippen LogP contribution in [0.4, 0.5) is 17.1 Å². The molecular weight excluding hydrogens is 519 g/mol. The van der Waals surface area contributed by atoms with E-state index in [2.05, 4.69) is 148 Å². The van der Waals surface area contributed by atoms with E-state index in [1.165, 1.54) is 32.1 Å². The van der Waals surface area contributed by atoms with Gasteiger partial charge in [0, 0.05) is 28.8 Å². The second kappa shape index (κ2) is 9.43. The lowest BCUT2D eigenvalue weighted by atomic mass is 10.1. The van der Waals surface area contributed by atoms with E-state index in [9.17, 15) is 0 Å². The molecule has 2 aromatic heterocycles. The first kappa shape index (κ1) is 23.6. The lowest BCUT2D eigenvalue weighted by Gasteiger charge is -2.45. The molecule has 0 spiro atoms. The molecule has 5 aromatic carbocycles. The van der Waals surface area contributed by atoms with Crippen molar-refractivity contribution in [3.8, 4) is 11.5 Å². The van der Waals surface area contributed by atoms with E-state index in [1.54, 1.807) is 6.20 Å². The van der Waals surface area contributed by atoms with Crippen LogP contribution in [-0.2, 0) is 0 Å². The third-order valence-corrected chi connectivity index (χ3v) is 12.9. The molecule has 0 aliphatic carbocycles. The molecule has 0 unspecified atom stereocenters. The van der Waals surface area contributed by atoms with Gasteiger partial charge in [0.05, 0.1) is 0 Å². The van der Waals surface area contributed by atoms with Gasteiger partial charge < -0.3 is 9.32 Å². The van der Waals surface area contributed by atoms with Crippen LogP contribution in [0.2, 0.25) is 0 Å². The maximum Gasteiger partial charge on any atom is 0.247 e. The molecule has 7 aromatic rings. The van der Waals surface area contributed by atoms with Crippen molar-refractivity contribution in [2.75, 3.05) is 4.90 Å². The summed E-state index contributed by atoms with van der Waals surface area (Å²) in [6.07, 6.45) is 1.72. The van der Waals surface area contributed by atoms with Gasteiger partial charge >= 0.3 is 0 Å². The second-order valence-corrected chi connectivity index (χ2v) is 14.0. The van der Waals surface area contributed by atoms with Crippen molar-refractivity contribution < 1.29 is 4.42 Å². The fourth-order valence-corrected chi connectivity index (χ4v) is 11.4. The number of para-hydroxylation sites is 2. The Morgan fingerprint density at radius 3 is 1.68 bits per heavy atom. The van der Waals surface area contributed by atoms with Crippen LogP contribution < -0.4 is 25.6 Å². The van der Waals surface area contributed by atoms with Crippen molar-refractivity contribution in [1.82, 2.24) is 9.97 Å². The van der Waals surface area contributed by atoms with Crippen LogP contribution in [0, 0.1) is 0 Å². The maximum absolute atomic E-state index is 5.95. The summed E-state index contributed by atoms with van der Waals surface area (Å²) in [5.41, 5.74) is 5.74. The molecule has 5 heteroatoms. The fourth-order valence-electron chi connectivity index (χ4n) is 6.34. The van der Waals surface area contributed by atoms with Gasteiger partial charge in [0.1, 0.15) is 5.52 Å². The Balaban J connectivity index is 1.34. The summed E-state index contributed by atoms with van der Waals surface area (Å²) in [7, 11) is -2.61. The van der Waals surface area contributed by atoms with E-state index in [-0.39, 0.29) is 0 Å². The van der Waals surface area contributed by atoms with Gasteiger partial charge in [0.15, 0.2) is 8.07 Å². The maximum atomic E-state index is 5.95. The molecular formula is C36H25N3OSi. The molecule has 4 nitrogen and oxygen atoms in total. The lowest BCUT2D eigenvalue weighted by molar-refractivity contribution is 0.608. The Labute approximate surface area is 239 Å². The Morgan fingerprint density at radius 2 is 1.10 bits per heavy atom. The highest BCUT2D eigenvalue weighted by Gasteiger charge is 2.48. The number of benzene rings is 5. The molecule has 8 rings (SSSR count). The number of anilines is 3. The van der Waals surface area contributed by atoms with Gasteiger partial charge in [-0.3, -0.25) is 0 Å². The summed E-state index contributed by atoms with van der Waals surface area (Å²) in [4.78, 5) is 11.3. The first-order chi connectivity index (χ1) is 20.3. The minimum atomic E-state index is -2.61. The predicted molar refractivity (Wildman–Crippen MR) is 169 cm³/mol.